The highest BCUT2D eigenvalue weighted by molar-refractivity contribution is 5.88. The van der Waals surface area contributed by atoms with Crippen LogP contribution in [0.4, 0.5) is 28.9 Å². The average Bonchev–Trinajstić information content (AvgIpc) is 3.35. The highest BCUT2D eigenvalue weighted by Gasteiger charge is 2.38. The van der Waals surface area contributed by atoms with Crippen LogP contribution >= 0.6 is 0 Å². The predicted octanol–water partition coefficient (Wildman–Crippen LogP) is 3.90. The fourth-order valence-electron chi connectivity index (χ4n) is 4.09. The van der Waals surface area contributed by atoms with Crippen molar-refractivity contribution in [2.24, 2.45) is 0 Å². The van der Waals surface area contributed by atoms with E-state index in [-0.39, 0.29) is 23.5 Å². The van der Waals surface area contributed by atoms with Gasteiger partial charge in [0.05, 0.1) is 0 Å². The van der Waals surface area contributed by atoms with Gasteiger partial charge in [-0.2, -0.15) is 13.2 Å². The van der Waals surface area contributed by atoms with Gasteiger partial charge in [0.2, 0.25) is 5.91 Å². The van der Waals surface area contributed by atoms with Crippen LogP contribution < -0.4 is 22.3 Å². The molecule has 1 atom stereocenters. The predicted molar refractivity (Wildman–Crippen MR) is 147 cm³/mol. The zero-order chi connectivity index (χ0) is 31.2. The van der Waals surface area contributed by atoms with E-state index in [1.54, 1.807) is 18.2 Å². The molecule has 0 spiro atoms. The number of fused-ring (bicyclic) bond motifs is 1. The number of nitrogens with one attached hydrogen (secondary N) is 3. The summed E-state index contributed by atoms with van der Waals surface area (Å²) in [6, 6.07) is 11.5. The molecule has 2 aromatic carbocycles. The first-order valence-corrected chi connectivity index (χ1v) is 12.7. The lowest BCUT2D eigenvalue weighted by atomic mass is 9.90. The average molecular weight is 593 g/mol. The number of aromatic nitrogens is 4. The van der Waals surface area contributed by atoms with Crippen LogP contribution in [0, 0.1) is 5.82 Å². The van der Waals surface area contributed by atoms with E-state index in [0.717, 1.165) is 18.4 Å². The van der Waals surface area contributed by atoms with Crippen molar-refractivity contribution in [1.82, 2.24) is 19.5 Å². The number of rotatable bonds is 8. The van der Waals surface area contributed by atoms with Crippen LogP contribution in [0.15, 0.2) is 52.1 Å². The largest absolute Gasteiger partial charge is 0.490 e. The van der Waals surface area contributed by atoms with Crippen molar-refractivity contribution < 1.29 is 32.3 Å². The highest BCUT2D eigenvalue weighted by atomic mass is 19.4. The third kappa shape index (κ3) is 7.83. The van der Waals surface area contributed by atoms with Gasteiger partial charge in [-0.1, -0.05) is 25.5 Å². The Bertz CT molecular complexity index is 1690. The summed E-state index contributed by atoms with van der Waals surface area (Å²) < 4.78 is 47.8. The van der Waals surface area contributed by atoms with Crippen molar-refractivity contribution in [2.75, 3.05) is 11.1 Å². The second-order valence-electron chi connectivity index (χ2n) is 9.30. The highest BCUT2D eigenvalue weighted by Crippen LogP contribution is 2.30. The maximum atomic E-state index is 14.7. The van der Waals surface area contributed by atoms with E-state index >= 15 is 0 Å². The van der Waals surface area contributed by atoms with Crippen molar-refractivity contribution in [1.29, 1.82) is 0 Å². The molecular formula is C27H28F4N6O5. The summed E-state index contributed by atoms with van der Waals surface area (Å²) in [6.07, 6.45) is -3.28. The van der Waals surface area contributed by atoms with Gasteiger partial charge in [0.15, 0.2) is 5.65 Å². The maximum absolute atomic E-state index is 14.7. The maximum Gasteiger partial charge on any atom is 0.490 e. The van der Waals surface area contributed by atoms with Gasteiger partial charge in [-0.3, -0.25) is 19.1 Å². The number of anilines is 2. The van der Waals surface area contributed by atoms with Crippen LogP contribution in [0.2, 0.25) is 0 Å². The Hall–Kier alpha value is -4.95. The number of nitrogen functional groups attached to an aromatic ring is 1. The molecule has 4 rings (SSSR count). The lowest BCUT2D eigenvalue weighted by Crippen LogP contribution is -2.30. The topological polar surface area (TPSA) is 176 Å². The zero-order valence-electron chi connectivity index (χ0n) is 22.5. The third-order valence-electron chi connectivity index (χ3n) is 6.09. The number of amides is 1. The van der Waals surface area contributed by atoms with Gasteiger partial charge >= 0.3 is 17.8 Å². The van der Waals surface area contributed by atoms with Crippen molar-refractivity contribution >= 4 is 34.4 Å². The molecule has 42 heavy (non-hydrogen) atoms. The molecule has 0 fully saturated rings. The smallest absolute Gasteiger partial charge is 0.475 e. The van der Waals surface area contributed by atoms with Crippen molar-refractivity contribution in [3.63, 3.8) is 0 Å². The minimum absolute atomic E-state index is 0.184. The number of benzene rings is 2. The number of carbonyl (C=O) groups excluding carboxylic acids is 1. The number of nitrogens with two attached hydrogens (primary N) is 1. The standard InChI is InChI=1S/C25H27FN6O3.C2HF3O2/c1-3-4-11-32-23-21(24(34)31-25(32)35)29-22(30-23)19(13-16-12-17(27)7-10-20(16)26)15-5-8-18(9-6-15)28-14(2)33;3-2(4,5)1(6)7/h5-10,12,19H,3-4,11,13,27H2,1-2H3,(H,28,33)(H,29,30)(H,31,34,35);(H,6,7). The number of unbranched alkanes of at least 4 members (excludes halogenated alkanes) is 1. The summed E-state index contributed by atoms with van der Waals surface area (Å²) in [7, 11) is 0. The van der Waals surface area contributed by atoms with Crippen LogP contribution in [0.3, 0.4) is 0 Å². The van der Waals surface area contributed by atoms with Gasteiger partial charge in [0.1, 0.15) is 17.2 Å². The van der Waals surface area contributed by atoms with Gasteiger partial charge < -0.3 is 21.1 Å². The molecule has 0 aliphatic rings. The summed E-state index contributed by atoms with van der Waals surface area (Å²) in [4.78, 5) is 55.3. The van der Waals surface area contributed by atoms with Gasteiger partial charge in [-0.25, -0.2) is 19.0 Å². The number of halogens is 4. The molecule has 1 amide bonds. The number of hydrogen-bond acceptors (Lipinski definition) is 6. The molecule has 15 heteroatoms. The Kier molecular flexibility index (Phi) is 9.88. The van der Waals surface area contributed by atoms with E-state index in [0.29, 0.717) is 29.3 Å². The quantitative estimate of drug-likeness (QED) is 0.152. The van der Waals surface area contributed by atoms with Gasteiger partial charge in [0.25, 0.3) is 5.56 Å². The minimum atomic E-state index is -5.08. The van der Waals surface area contributed by atoms with Crippen LogP contribution in [0.1, 0.15) is 49.6 Å². The van der Waals surface area contributed by atoms with Crippen molar-refractivity contribution in [3.8, 4) is 0 Å². The molecule has 0 bridgehead atoms. The van der Waals surface area contributed by atoms with Crippen LogP contribution in [0.5, 0.6) is 0 Å². The Balaban J connectivity index is 0.000000616. The number of aryl methyl sites for hydroxylation is 1. The fraction of sp³-hybridized carbons (Fsp3) is 0.296. The van der Waals surface area contributed by atoms with E-state index in [1.165, 1.54) is 23.6 Å². The number of hydrogen-bond donors (Lipinski definition) is 5. The van der Waals surface area contributed by atoms with Gasteiger partial charge in [-0.05, 0) is 54.3 Å². The van der Waals surface area contributed by atoms with Crippen LogP contribution in [-0.2, 0) is 22.6 Å². The van der Waals surface area contributed by atoms with E-state index in [4.69, 9.17) is 15.6 Å². The second-order valence-corrected chi connectivity index (χ2v) is 9.30. The SMILES string of the molecule is CCCCn1c(=O)[nH]c(=O)c2[nH]c(C(Cc3cc(N)ccc3F)c3ccc(NC(C)=O)cc3)nc21.O=C(O)C(F)(F)F. The molecule has 0 saturated carbocycles. The summed E-state index contributed by atoms with van der Waals surface area (Å²) in [6.45, 7) is 3.83. The minimum Gasteiger partial charge on any atom is -0.475 e. The molecule has 0 aliphatic carbocycles. The number of aliphatic carboxylic acids is 1. The molecule has 4 aromatic rings. The Morgan fingerprint density at radius 3 is 2.33 bits per heavy atom. The first-order valence-electron chi connectivity index (χ1n) is 12.7. The molecule has 11 nitrogen and oxygen atoms in total. The number of carbonyl (C=O) groups is 2. The molecule has 0 saturated heterocycles. The first-order chi connectivity index (χ1) is 19.7. The molecule has 224 valence electrons. The molecule has 2 heterocycles. The number of alkyl halides is 3. The second kappa shape index (κ2) is 13.1. The first kappa shape index (κ1) is 31.6. The van der Waals surface area contributed by atoms with E-state index in [2.05, 4.69) is 20.3 Å². The number of aromatic amines is 2. The Morgan fingerprint density at radius 1 is 1.12 bits per heavy atom. The number of H-pyrrole nitrogens is 2. The molecule has 2 aromatic heterocycles. The summed E-state index contributed by atoms with van der Waals surface area (Å²) in [5.74, 6) is -3.44. The third-order valence-corrected chi connectivity index (χ3v) is 6.09. The molecular weight excluding hydrogens is 564 g/mol. The summed E-state index contributed by atoms with van der Waals surface area (Å²) in [5.41, 5.74) is 7.46. The fourth-order valence-corrected chi connectivity index (χ4v) is 4.09. The monoisotopic (exact) mass is 592 g/mol. The van der Waals surface area contributed by atoms with Crippen LogP contribution in [-0.4, -0.2) is 42.7 Å². The number of imidazole rings is 1. The van der Waals surface area contributed by atoms with Crippen molar-refractivity contribution in [2.45, 2.75) is 51.7 Å². The lowest BCUT2D eigenvalue weighted by Gasteiger charge is -2.17. The number of carboxylic acid groups (broad SMARTS) is 1. The Morgan fingerprint density at radius 2 is 1.76 bits per heavy atom. The van der Waals surface area contributed by atoms with Crippen LogP contribution in [0.25, 0.3) is 11.2 Å². The zero-order valence-corrected chi connectivity index (χ0v) is 22.5. The molecule has 6 N–H and O–H groups in total. The van der Waals surface area contributed by atoms with E-state index < -0.39 is 35.1 Å². The van der Waals surface area contributed by atoms with E-state index in [1.807, 2.05) is 19.1 Å². The number of carboxylic acids is 1. The number of nitrogens with zero attached hydrogens (tertiary/aromatic N) is 2. The molecule has 1 unspecified atom stereocenters. The summed E-state index contributed by atoms with van der Waals surface area (Å²) in [5, 5.41) is 9.84. The summed E-state index contributed by atoms with van der Waals surface area (Å²) >= 11 is 0. The van der Waals surface area contributed by atoms with Gasteiger partial charge in [-0.15, -0.1) is 0 Å². The lowest BCUT2D eigenvalue weighted by molar-refractivity contribution is -0.192. The normalized spacial score (nSPS) is 12.0. The van der Waals surface area contributed by atoms with E-state index in [9.17, 15) is 31.9 Å². The Labute approximate surface area is 235 Å². The van der Waals surface area contributed by atoms with Crippen molar-refractivity contribution in [3.05, 3.63) is 86.1 Å². The van der Waals surface area contributed by atoms with Gasteiger partial charge in [0, 0.05) is 30.8 Å². The molecule has 0 aliphatic heterocycles. The molecule has 0 radical (unpaired) electrons.